The Bertz CT molecular complexity index is 1200. The summed E-state index contributed by atoms with van der Waals surface area (Å²) in [5.74, 6) is -0.340. The minimum absolute atomic E-state index is 0.0460. The van der Waals surface area contributed by atoms with Crippen LogP contribution in [0.5, 0.6) is 0 Å². The summed E-state index contributed by atoms with van der Waals surface area (Å²) in [4.78, 5) is 26.5. The highest BCUT2D eigenvalue weighted by molar-refractivity contribution is 5.85. The van der Waals surface area contributed by atoms with E-state index in [-0.39, 0.29) is 24.8 Å². The highest BCUT2D eigenvalue weighted by Gasteiger charge is 2.17. The zero-order valence-electron chi connectivity index (χ0n) is 18.5. The van der Waals surface area contributed by atoms with Gasteiger partial charge >= 0.3 is 0 Å². The van der Waals surface area contributed by atoms with Crippen LogP contribution in [0.25, 0.3) is 16.9 Å². The van der Waals surface area contributed by atoms with E-state index >= 15 is 0 Å². The van der Waals surface area contributed by atoms with Crippen LogP contribution in [0.2, 0.25) is 0 Å². The summed E-state index contributed by atoms with van der Waals surface area (Å²) in [6, 6.07) is 29.3. The van der Waals surface area contributed by atoms with Crippen molar-refractivity contribution < 1.29 is 9.59 Å². The van der Waals surface area contributed by atoms with Crippen LogP contribution in [-0.4, -0.2) is 40.1 Å². The van der Waals surface area contributed by atoms with Gasteiger partial charge in [0, 0.05) is 30.9 Å². The molecular formula is C27H26N4O2. The molecule has 0 bridgehead atoms. The summed E-state index contributed by atoms with van der Waals surface area (Å²) in [7, 11) is 1.74. The highest BCUT2D eigenvalue weighted by atomic mass is 16.2. The molecule has 0 aliphatic heterocycles. The lowest BCUT2D eigenvalue weighted by molar-refractivity contribution is -0.132. The number of rotatable bonds is 8. The molecule has 1 aromatic heterocycles. The van der Waals surface area contributed by atoms with Crippen LogP contribution in [0.4, 0.5) is 0 Å². The quantitative estimate of drug-likeness (QED) is 0.454. The maximum atomic E-state index is 12.7. The maximum absolute atomic E-state index is 12.7. The highest BCUT2D eigenvalue weighted by Crippen LogP contribution is 2.24. The predicted octanol–water partition coefficient (Wildman–Crippen LogP) is 3.86. The molecule has 0 unspecified atom stereocenters. The van der Waals surface area contributed by atoms with E-state index in [2.05, 4.69) is 5.32 Å². The number of nitrogens with zero attached hydrogens (tertiary/aromatic N) is 3. The smallest absolute Gasteiger partial charge is 0.242 e. The van der Waals surface area contributed by atoms with Crippen molar-refractivity contribution in [3.8, 4) is 16.9 Å². The summed E-state index contributed by atoms with van der Waals surface area (Å²) in [5.41, 5.74) is 4.60. The first kappa shape index (κ1) is 22.0. The Labute approximate surface area is 193 Å². The van der Waals surface area contributed by atoms with Gasteiger partial charge in [-0.25, -0.2) is 4.68 Å². The Morgan fingerprint density at radius 3 is 2.15 bits per heavy atom. The molecule has 0 saturated carbocycles. The molecular weight excluding hydrogens is 412 g/mol. The monoisotopic (exact) mass is 438 g/mol. The lowest BCUT2D eigenvalue weighted by Crippen LogP contribution is -2.38. The van der Waals surface area contributed by atoms with Crippen LogP contribution in [0.15, 0.2) is 97.2 Å². The van der Waals surface area contributed by atoms with E-state index in [9.17, 15) is 9.59 Å². The van der Waals surface area contributed by atoms with Crippen LogP contribution < -0.4 is 5.32 Å². The van der Waals surface area contributed by atoms with E-state index in [0.717, 1.165) is 28.1 Å². The number of carbonyl (C=O) groups is 2. The number of aromatic nitrogens is 2. The zero-order chi connectivity index (χ0) is 23.0. The Morgan fingerprint density at radius 2 is 1.48 bits per heavy atom. The second kappa shape index (κ2) is 10.4. The number of hydrogen-bond donors (Lipinski definition) is 1. The molecule has 2 amide bonds. The SMILES string of the molecule is CN(Cc1cn(-c2ccccc2)nc1-c1ccccc1)C(=O)CNC(=O)Cc1ccccc1. The molecule has 1 heterocycles. The van der Waals surface area contributed by atoms with Crippen LogP contribution in [-0.2, 0) is 22.6 Å². The van der Waals surface area contributed by atoms with Gasteiger partial charge < -0.3 is 10.2 Å². The van der Waals surface area contributed by atoms with E-state index in [1.807, 2.05) is 102 Å². The standard InChI is InChI=1S/C27H26N4O2/c1-30(26(33)18-28-25(32)17-21-11-5-2-6-12-21)19-23-20-31(24-15-9-4-10-16-24)29-27(23)22-13-7-3-8-14-22/h2-16,20H,17-19H2,1H3,(H,28,32). The fourth-order valence-electron chi connectivity index (χ4n) is 3.57. The largest absolute Gasteiger partial charge is 0.347 e. The Kier molecular flexibility index (Phi) is 6.95. The Morgan fingerprint density at radius 1 is 0.879 bits per heavy atom. The number of hydrogen-bond acceptors (Lipinski definition) is 3. The molecule has 4 aromatic rings. The van der Waals surface area contributed by atoms with Gasteiger partial charge in [0.2, 0.25) is 11.8 Å². The molecule has 33 heavy (non-hydrogen) atoms. The van der Waals surface area contributed by atoms with Gasteiger partial charge in [-0.2, -0.15) is 5.10 Å². The summed E-state index contributed by atoms with van der Waals surface area (Å²) in [6.45, 7) is 0.333. The van der Waals surface area contributed by atoms with Crippen LogP contribution in [0.3, 0.4) is 0 Å². The summed E-state index contributed by atoms with van der Waals surface area (Å²) in [5, 5.41) is 7.52. The molecule has 0 fully saturated rings. The van der Waals surface area contributed by atoms with Gasteiger partial charge in [-0.05, 0) is 17.7 Å². The third-order valence-corrected chi connectivity index (χ3v) is 5.34. The van der Waals surface area contributed by atoms with Gasteiger partial charge in [-0.1, -0.05) is 78.9 Å². The van der Waals surface area contributed by atoms with Crippen molar-refractivity contribution in [2.24, 2.45) is 0 Å². The van der Waals surface area contributed by atoms with E-state index in [0.29, 0.717) is 6.54 Å². The maximum Gasteiger partial charge on any atom is 0.242 e. The average molecular weight is 439 g/mol. The lowest BCUT2D eigenvalue weighted by atomic mass is 10.1. The molecule has 6 nitrogen and oxygen atoms in total. The predicted molar refractivity (Wildman–Crippen MR) is 129 cm³/mol. The number of likely N-dealkylation sites (N-methyl/N-ethyl adjacent to an activating group) is 1. The third kappa shape index (κ3) is 5.74. The molecule has 0 aliphatic carbocycles. The molecule has 1 N–H and O–H groups in total. The van der Waals surface area contributed by atoms with Crippen molar-refractivity contribution in [2.75, 3.05) is 13.6 Å². The number of carbonyl (C=O) groups excluding carboxylic acids is 2. The first-order valence-electron chi connectivity index (χ1n) is 10.8. The van der Waals surface area contributed by atoms with Gasteiger partial charge in [0.05, 0.1) is 24.3 Å². The van der Waals surface area contributed by atoms with E-state index in [4.69, 9.17) is 5.10 Å². The van der Waals surface area contributed by atoms with Crippen molar-refractivity contribution in [3.63, 3.8) is 0 Å². The Hall–Kier alpha value is -4.19. The fourth-order valence-corrected chi connectivity index (χ4v) is 3.57. The van der Waals surface area contributed by atoms with Gasteiger partial charge in [-0.15, -0.1) is 0 Å². The topological polar surface area (TPSA) is 67.2 Å². The van der Waals surface area contributed by atoms with E-state index in [1.165, 1.54) is 0 Å². The number of benzene rings is 3. The summed E-state index contributed by atoms with van der Waals surface area (Å²) >= 11 is 0. The minimum atomic E-state index is -0.176. The lowest BCUT2D eigenvalue weighted by Gasteiger charge is -2.17. The molecule has 0 aliphatic rings. The van der Waals surface area contributed by atoms with Gasteiger partial charge in [-0.3, -0.25) is 9.59 Å². The Balaban J connectivity index is 1.45. The number of para-hydroxylation sites is 1. The van der Waals surface area contributed by atoms with Crippen molar-refractivity contribution in [3.05, 3.63) is 108 Å². The summed E-state index contributed by atoms with van der Waals surface area (Å²) in [6.07, 6.45) is 2.20. The molecule has 3 aromatic carbocycles. The zero-order valence-corrected chi connectivity index (χ0v) is 18.5. The number of nitrogens with one attached hydrogen (secondary N) is 1. The molecule has 166 valence electrons. The first-order chi connectivity index (χ1) is 16.1. The van der Waals surface area contributed by atoms with Gasteiger partial charge in [0.15, 0.2) is 0 Å². The molecule has 0 spiro atoms. The number of amides is 2. The average Bonchev–Trinajstić information content (AvgIpc) is 3.28. The minimum Gasteiger partial charge on any atom is -0.347 e. The normalized spacial score (nSPS) is 10.6. The van der Waals surface area contributed by atoms with Gasteiger partial charge in [0.1, 0.15) is 0 Å². The fraction of sp³-hybridized carbons (Fsp3) is 0.148. The third-order valence-electron chi connectivity index (χ3n) is 5.34. The van der Waals surface area contributed by atoms with Crippen molar-refractivity contribution >= 4 is 11.8 Å². The first-order valence-corrected chi connectivity index (χ1v) is 10.8. The van der Waals surface area contributed by atoms with Crippen molar-refractivity contribution in [2.45, 2.75) is 13.0 Å². The second-order valence-electron chi connectivity index (χ2n) is 7.84. The van der Waals surface area contributed by atoms with E-state index in [1.54, 1.807) is 11.9 Å². The van der Waals surface area contributed by atoms with Crippen molar-refractivity contribution in [1.29, 1.82) is 0 Å². The molecule has 0 atom stereocenters. The van der Waals surface area contributed by atoms with Gasteiger partial charge in [0.25, 0.3) is 0 Å². The summed E-state index contributed by atoms with van der Waals surface area (Å²) < 4.78 is 1.83. The van der Waals surface area contributed by atoms with Crippen LogP contribution in [0.1, 0.15) is 11.1 Å². The van der Waals surface area contributed by atoms with Crippen molar-refractivity contribution in [1.82, 2.24) is 20.0 Å². The molecule has 4 rings (SSSR count). The molecule has 0 saturated heterocycles. The molecule has 6 heteroatoms. The second-order valence-corrected chi connectivity index (χ2v) is 7.84. The van der Waals surface area contributed by atoms with E-state index < -0.39 is 0 Å². The van der Waals surface area contributed by atoms with Crippen LogP contribution in [0, 0.1) is 0 Å². The molecule has 0 radical (unpaired) electrons. The van der Waals surface area contributed by atoms with Crippen LogP contribution >= 0.6 is 0 Å².